The zero-order chi connectivity index (χ0) is 21.4. The van der Waals surface area contributed by atoms with Crippen LogP contribution in [0.1, 0.15) is 16.8 Å². The number of ether oxygens (including phenoxy) is 1. The minimum absolute atomic E-state index is 0.0363. The van der Waals surface area contributed by atoms with Crippen LogP contribution in [0.3, 0.4) is 0 Å². The molecule has 11 heteroatoms. The fourth-order valence-corrected chi connectivity index (χ4v) is 7.48. The highest BCUT2D eigenvalue weighted by Gasteiger charge is 2.34. The van der Waals surface area contributed by atoms with Gasteiger partial charge in [-0.1, -0.05) is 6.07 Å². The number of benzene rings is 1. The number of piperazine rings is 1. The summed E-state index contributed by atoms with van der Waals surface area (Å²) in [5.41, 5.74) is 0.348. The van der Waals surface area contributed by atoms with Gasteiger partial charge in [0.2, 0.25) is 10.0 Å². The number of amides is 1. The summed E-state index contributed by atoms with van der Waals surface area (Å²) in [6.07, 6.45) is 0.651. The highest BCUT2D eigenvalue weighted by atomic mass is 32.2. The molecule has 0 aromatic heterocycles. The molecule has 1 aromatic carbocycles. The number of carbonyl (C=O) groups excluding carboxylic acids is 1. The Morgan fingerprint density at radius 3 is 2.37 bits per heavy atom. The molecule has 0 aliphatic carbocycles. The van der Waals surface area contributed by atoms with E-state index in [-0.39, 0.29) is 28.4 Å². The summed E-state index contributed by atoms with van der Waals surface area (Å²) in [7, 11) is -6.60. The van der Waals surface area contributed by atoms with Crippen LogP contribution in [0.25, 0.3) is 0 Å². The fourth-order valence-electron chi connectivity index (χ4n) is 4.26. The summed E-state index contributed by atoms with van der Waals surface area (Å²) in [4.78, 5) is 16.9. The molecule has 0 spiro atoms. The van der Waals surface area contributed by atoms with Crippen molar-refractivity contribution in [2.75, 3.05) is 64.0 Å². The van der Waals surface area contributed by atoms with E-state index >= 15 is 0 Å². The van der Waals surface area contributed by atoms with E-state index in [1.165, 1.54) is 16.4 Å². The number of carbonyl (C=O) groups is 1. The first-order valence-corrected chi connectivity index (χ1v) is 13.4. The predicted octanol–water partition coefficient (Wildman–Crippen LogP) is -0.348. The maximum absolute atomic E-state index is 13.0. The van der Waals surface area contributed by atoms with Crippen molar-refractivity contribution < 1.29 is 26.4 Å². The second-order valence-electron chi connectivity index (χ2n) is 7.93. The second kappa shape index (κ2) is 8.54. The minimum Gasteiger partial charge on any atom is -0.379 e. The van der Waals surface area contributed by atoms with Crippen molar-refractivity contribution in [3.63, 3.8) is 0 Å². The van der Waals surface area contributed by atoms with Crippen molar-refractivity contribution in [1.29, 1.82) is 0 Å². The molecule has 0 unspecified atom stereocenters. The van der Waals surface area contributed by atoms with E-state index in [0.717, 1.165) is 0 Å². The second-order valence-corrected chi connectivity index (χ2v) is 12.1. The Balaban J connectivity index is 1.41. The summed E-state index contributed by atoms with van der Waals surface area (Å²) in [6, 6.07) is 6.23. The van der Waals surface area contributed by atoms with Crippen LogP contribution in [0.15, 0.2) is 29.2 Å². The van der Waals surface area contributed by atoms with E-state index in [4.69, 9.17) is 4.74 Å². The largest absolute Gasteiger partial charge is 0.379 e. The molecule has 1 atom stereocenters. The van der Waals surface area contributed by atoms with Gasteiger partial charge in [-0.2, -0.15) is 4.31 Å². The minimum atomic E-state index is -3.66. The smallest absolute Gasteiger partial charge is 0.253 e. The highest BCUT2D eigenvalue weighted by molar-refractivity contribution is 7.91. The van der Waals surface area contributed by atoms with E-state index in [2.05, 4.69) is 4.90 Å². The maximum Gasteiger partial charge on any atom is 0.253 e. The first-order valence-electron chi connectivity index (χ1n) is 10.2. The van der Waals surface area contributed by atoms with Gasteiger partial charge in [0, 0.05) is 50.9 Å². The van der Waals surface area contributed by atoms with Crippen LogP contribution in [0.2, 0.25) is 0 Å². The van der Waals surface area contributed by atoms with Gasteiger partial charge in [0.1, 0.15) is 0 Å². The number of morpholine rings is 1. The van der Waals surface area contributed by atoms with Crippen molar-refractivity contribution in [3.8, 4) is 0 Å². The number of nitrogens with zero attached hydrogens (tertiary/aromatic N) is 3. The summed E-state index contributed by atoms with van der Waals surface area (Å²) in [5, 5.41) is 0. The van der Waals surface area contributed by atoms with Gasteiger partial charge in [0.05, 0.1) is 29.6 Å². The monoisotopic (exact) mass is 457 g/mol. The lowest BCUT2D eigenvalue weighted by atomic mass is 10.1. The van der Waals surface area contributed by atoms with Gasteiger partial charge in [-0.25, -0.2) is 16.8 Å². The van der Waals surface area contributed by atoms with Gasteiger partial charge >= 0.3 is 0 Å². The molecule has 0 radical (unpaired) electrons. The first kappa shape index (κ1) is 21.7. The molecule has 3 heterocycles. The van der Waals surface area contributed by atoms with E-state index in [0.29, 0.717) is 64.5 Å². The summed E-state index contributed by atoms with van der Waals surface area (Å²) in [5.74, 6) is 0.233. The molecule has 30 heavy (non-hydrogen) atoms. The summed E-state index contributed by atoms with van der Waals surface area (Å²) in [6.45, 7) is 3.58. The van der Waals surface area contributed by atoms with Crippen molar-refractivity contribution in [3.05, 3.63) is 29.8 Å². The van der Waals surface area contributed by atoms with Crippen LogP contribution in [0.5, 0.6) is 0 Å². The molecular formula is C19H27N3O6S2. The van der Waals surface area contributed by atoms with Crippen molar-refractivity contribution >= 4 is 25.8 Å². The van der Waals surface area contributed by atoms with Crippen molar-refractivity contribution in [1.82, 2.24) is 14.1 Å². The van der Waals surface area contributed by atoms with E-state index in [9.17, 15) is 21.6 Å². The standard InChI is InChI=1S/C19H27N3O6S2/c23-19(21-7-5-20(6-8-21)17-4-13-29(24,25)15-17)16-2-1-3-18(14-16)30(26,27)22-9-11-28-12-10-22/h1-3,14,17H,4-13,15H2/t17-/m0/s1. The number of hydrogen-bond acceptors (Lipinski definition) is 7. The molecule has 3 fully saturated rings. The summed E-state index contributed by atoms with van der Waals surface area (Å²) >= 11 is 0. The lowest BCUT2D eigenvalue weighted by Gasteiger charge is -2.37. The average molecular weight is 458 g/mol. The quantitative estimate of drug-likeness (QED) is 0.609. The zero-order valence-corrected chi connectivity index (χ0v) is 18.4. The third-order valence-electron chi connectivity index (χ3n) is 6.02. The van der Waals surface area contributed by atoms with Gasteiger partial charge in [-0.15, -0.1) is 0 Å². The molecule has 3 saturated heterocycles. The summed E-state index contributed by atoms with van der Waals surface area (Å²) < 4.78 is 55.8. The van der Waals surface area contributed by atoms with Gasteiger partial charge in [-0.3, -0.25) is 9.69 Å². The van der Waals surface area contributed by atoms with Gasteiger partial charge in [0.25, 0.3) is 5.91 Å². The zero-order valence-electron chi connectivity index (χ0n) is 16.8. The SMILES string of the molecule is O=C(c1cccc(S(=O)(=O)N2CCOCC2)c1)N1CCN([C@H]2CCS(=O)(=O)C2)CC1. The number of sulfone groups is 1. The number of sulfonamides is 1. The molecule has 4 rings (SSSR count). The Morgan fingerprint density at radius 2 is 1.73 bits per heavy atom. The predicted molar refractivity (Wildman–Crippen MR) is 111 cm³/mol. The highest BCUT2D eigenvalue weighted by Crippen LogP contribution is 2.22. The molecule has 1 amide bonds. The molecule has 0 N–H and O–H groups in total. The topological polar surface area (TPSA) is 104 Å². The van der Waals surface area contributed by atoms with Crippen LogP contribution in [0, 0.1) is 0 Å². The fraction of sp³-hybridized carbons (Fsp3) is 0.632. The van der Waals surface area contributed by atoms with Gasteiger partial charge in [0.15, 0.2) is 9.84 Å². The molecule has 3 aliphatic heterocycles. The van der Waals surface area contributed by atoms with E-state index < -0.39 is 19.9 Å². The number of hydrogen-bond donors (Lipinski definition) is 0. The Hall–Kier alpha value is -1.53. The van der Waals surface area contributed by atoms with E-state index in [1.807, 2.05) is 0 Å². The van der Waals surface area contributed by atoms with Gasteiger partial charge in [-0.05, 0) is 24.6 Å². The van der Waals surface area contributed by atoms with Crippen LogP contribution in [-0.4, -0.2) is 107 Å². The average Bonchev–Trinajstić information content (AvgIpc) is 3.14. The van der Waals surface area contributed by atoms with E-state index in [1.54, 1.807) is 17.0 Å². The number of rotatable bonds is 4. The normalized spacial score (nSPS) is 26.0. The van der Waals surface area contributed by atoms with Crippen LogP contribution < -0.4 is 0 Å². The molecule has 3 aliphatic rings. The molecule has 9 nitrogen and oxygen atoms in total. The lowest BCUT2D eigenvalue weighted by Crippen LogP contribution is -2.52. The van der Waals surface area contributed by atoms with Crippen LogP contribution in [-0.2, 0) is 24.6 Å². The van der Waals surface area contributed by atoms with Crippen molar-refractivity contribution in [2.24, 2.45) is 0 Å². The Labute approximate surface area is 177 Å². The van der Waals surface area contributed by atoms with Crippen molar-refractivity contribution in [2.45, 2.75) is 17.4 Å². The lowest BCUT2D eigenvalue weighted by molar-refractivity contribution is 0.0587. The first-order chi connectivity index (χ1) is 14.3. The third-order valence-corrected chi connectivity index (χ3v) is 9.66. The molecule has 0 saturated carbocycles. The molecule has 0 bridgehead atoms. The Bertz CT molecular complexity index is 997. The maximum atomic E-state index is 13.0. The Morgan fingerprint density at radius 1 is 1.03 bits per heavy atom. The molecule has 166 valence electrons. The molecule has 1 aromatic rings. The van der Waals surface area contributed by atoms with Crippen LogP contribution >= 0.6 is 0 Å². The van der Waals surface area contributed by atoms with Crippen LogP contribution in [0.4, 0.5) is 0 Å². The molecular weight excluding hydrogens is 430 g/mol. The van der Waals surface area contributed by atoms with Gasteiger partial charge < -0.3 is 9.64 Å². The third kappa shape index (κ3) is 4.54. The Kier molecular flexibility index (Phi) is 6.18.